The van der Waals surface area contributed by atoms with Crippen LogP contribution in [-0.2, 0) is 0 Å². The molecule has 2 heterocycles. The maximum atomic E-state index is 6.08. The Hall–Kier alpha value is -2.30. The number of nitrogens with zero attached hydrogens (tertiary/aromatic N) is 2. The summed E-state index contributed by atoms with van der Waals surface area (Å²) in [5.41, 5.74) is 9.77. The summed E-state index contributed by atoms with van der Waals surface area (Å²) in [6.07, 6.45) is 1.46. The number of aromatic amines is 2. The summed E-state index contributed by atoms with van der Waals surface area (Å²) in [5.74, 6) is 0.659. The van der Waals surface area contributed by atoms with Gasteiger partial charge in [0.05, 0.1) is 5.69 Å². The number of nitrogens with two attached hydrogens (primary N) is 1. The maximum absolute atomic E-state index is 6.08. The minimum absolute atomic E-state index is 0.659. The van der Waals surface area contributed by atoms with Crippen molar-refractivity contribution in [1.29, 1.82) is 0 Å². The fourth-order valence-corrected chi connectivity index (χ4v) is 1.84. The number of anilines is 1. The van der Waals surface area contributed by atoms with E-state index in [-0.39, 0.29) is 0 Å². The van der Waals surface area contributed by atoms with Crippen LogP contribution >= 0.6 is 0 Å². The highest BCUT2D eigenvalue weighted by atomic mass is 15.2. The summed E-state index contributed by atoms with van der Waals surface area (Å²) in [4.78, 5) is 7.32. The second-order valence-corrected chi connectivity index (χ2v) is 3.80. The third kappa shape index (κ3) is 1.18. The van der Waals surface area contributed by atoms with E-state index >= 15 is 0 Å². The topological polar surface area (TPSA) is 83.4 Å². The number of aromatic nitrogens is 4. The molecule has 0 radical (unpaired) electrons. The van der Waals surface area contributed by atoms with Gasteiger partial charge in [-0.05, 0) is 19.1 Å². The molecule has 2 aromatic heterocycles. The molecule has 0 unspecified atom stereocenters. The Morgan fingerprint density at radius 2 is 2.19 bits per heavy atom. The average Bonchev–Trinajstić information content (AvgIpc) is 2.87. The van der Waals surface area contributed by atoms with Crippen molar-refractivity contribution in [2.24, 2.45) is 0 Å². The van der Waals surface area contributed by atoms with E-state index < -0.39 is 0 Å². The number of nitrogens with one attached hydrogen (secondary N) is 2. The molecule has 0 aliphatic heterocycles. The van der Waals surface area contributed by atoms with Gasteiger partial charge < -0.3 is 10.7 Å². The van der Waals surface area contributed by atoms with Crippen LogP contribution in [0.2, 0.25) is 0 Å². The predicted octanol–water partition coefficient (Wildman–Crippen LogP) is 1.84. The lowest BCUT2D eigenvalue weighted by molar-refractivity contribution is 1.09. The van der Waals surface area contributed by atoms with Crippen LogP contribution in [-0.4, -0.2) is 20.2 Å². The zero-order chi connectivity index (χ0) is 11.1. The summed E-state index contributed by atoms with van der Waals surface area (Å²) >= 11 is 0. The van der Waals surface area contributed by atoms with Gasteiger partial charge in [-0.1, -0.05) is 11.6 Å². The van der Waals surface area contributed by atoms with Crippen LogP contribution < -0.4 is 5.73 Å². The van der Waals surface area contributed by atoms with E-state index in [0.29, 0.717) is 11.5 Å². The molecule has 0 saturated carbocycles. The molecule has 3 rings (SSSR count). The summed E-state index contributed by atoms with van der Waals surface area (Å²) in [6.45, 7) is 2.04. The molecule has 5 nitrogen and oxygen atoms in total. The lowest BCUT2D eigenvalue weighted by Gasteiger charge is -1.94. The molecule has 3 aromatic rings. The quantitative estimate of drug-likeness (QED) is 0.576. The van der Waals surface area contributed by atoms with Crippen LogP contribution in [0.15, 0.2) is 24.5 Å². The van der Waals surface area contributed by atoms with Gasteiger partial charge in [-0.25, -0.2) is 4.98 Å². The van der Waals surface area contributed by atoms with Gasteiger partial charge in [-0.3, -0.25) is 5.10 Å². The van der Waals surface area contributed by atoms with E-state index in [9.17, 15) is 0 Å². The van der Waals surface area contributed by atoms with Crippen LogP contribution in [0.5, 0.6) is 0 Å². The molecule has 0 spiro atoms. The number of nitrogen functional groups attached to an aromatic ring is 1. The minimum atomic E-state index is 0.659. The van der Waals surface area contributed by atoms with Gasteiger partial charge in [0.1, 0.15) is 12.0 Å². The van der Waals surface area contributed by atoms with Crippen LogP contribution in [0.3, 0.4) is 0 Å². The monoisotopic (exact) mass is 213 g/mol. The number of fused-ring (bicyclic) bond motifs is 1. The fraction of sp³-hybridized carbons (Fsp3) is 0.0909. The molecule has 0 bridgehead atoms. The van der Waals surface area contributed by atoms with Crippen LogP contribution in [0.4, 0.5) is 5.69 Å². The second-order valence-electron chi connectivity index (χ2n) is 3.80. The van der Waals surface area contributed by atoms with Gasteiger partial charge in [0.25, 0.3) is 0 Å². The molecule has 0 atom stereocenters. The van der Waals surface area contributed by atoms with E-state index in [2.05, 4.69) is 26.2 Å². The molecule has 0 aliphatic rings. The maximum Gasteiger partial charge on any atom is 0.174 e. The summed E-state index contributed by atoms with van der Waals surface area (Å²) < 4.78 is 0. The number of rotatable bonds is 1. The number of aryl methyl sites for hydroxylation is 1. The first-order valence-electron chi connectivity index (χ1n) is 4.99. The molecular weight excluding hydrogens is 202 g/mol. The highest BCUT2D eigenvalue weighted by Gasteiger charge is 2.12. The van der Waals surface area contributed by atoms with E-state index in [0.717, 1.165) is 16.6 Å². The molecule has 0 aliphatic carbocycles. The van der Waals surface area contributed by atoms with Crippen molar-refractivity contribution in [3.8, 4) is 11.5 Å². The van der Waals surface area contributed by atoms with Crippen molar-refractivity contribution in [3.63, 3.8) is 0 Å². The Morgan fingerprint density at radius 1 is 1.31 bits per heavy atom. The Labute approximate surface area is 91.7 Å². The van der Waals surface area contributed by atoms with Gasteiger partial charge in [0.2, 0.25) is 0 Å². The summed E-state index contributed by atoms with van der Waals surface area (Å²) in [7, 11) is 0. The number of benzene rings is 1. The Bertz CT molecular complexity index is 636. The predicted molar refractivity (Wildman–Crippen MR) is 62.8 cm³/mol. The molecule has 0 amide bonds. The highest BCUT2D eigenvalue weighted by molar-refractivity contribution is 5.99. The zero-order valence-corrected chi connectivity index (χ0v) is 8.78. The molecule has 1 aromatic carbocycles. The normalized spacial score (nSPS) is 11.1. The largest absolute Gasteiger partial charge is 0.396 e. The molecular formula is C11H11N5. The Kier molecular flexibility index (Phi) is 1.73. The molecule has 80 valence electrons. The molecule has 16 heavy (non-hydrogen) atoms. The third-order valence-electron chi connectivity index (χ3n) is 2.65. The smallest absolute Gasteiger partial charge is 0.174 e. The van der Waals surface area contributed by atoms with Crippen LogP contribution in [0.25, 0.3) is 22.4 Å². The first-order chi connectivity index (χ1) is 7.75. The number of hydrogen-bond acceptors (Lipinski definition) is 3. The average molecular weight is 213 g/mol. The van der Waals surface area contributed by atoms with Gasteiger partial charge >= 0.3 is 0 Å². The molecule has 5 heteroatoms. The number of H-pyrrole nitrogens is 2. The van der Waals surface area contributed by atoms with Crippen molar-refractivity contribution in [1.82, 2.24) is 20.2 Å². The van der Waals surface area contributed by atoms with E-state index in [1.54, 1.807) is 0 Å². The summed E-state index contributed by atoms with van der Waals surface area (Å²) in [6, 6.07) is 6.12. The first-order valence-corrected chi connectivity index (χ1v) is 4.99. The highest BCUT2D eigenvalue weighted by Crippen LogP contribution is 2.30. The van der Waals surface area contributed by atoms with Crippen molar-refractivity contribution in [2.75, 3.05) is 5.73 Å². The molecule has 4 N–H and O–H groups in total. The SMILES string of the molecule is Cc1ccc2[nH]c(-c3ncn[nH]3)c(N)c2c1. The van der Waals surface area contributed by atoms with Gasteiger partial charge in [-0.2, -0.15) is 5.10 Å². The van der Waals surface area contributed by atoms with Crippen molar-refractivity contribution in [3.05, 3.63) is 30.1 Å². The van der Waals surface area contributed by atoms with Crippen molar-refractivity contribution < 1.29 is 0 Å². The fourth-order valence-electron chi connectivity index (χ4n) is 1.84. The van der Waals surface area contributed by atoms with Crippen LogP contribution in [0, 0.1) is 6.92 Å². The van der Waals surface area contributed by atoms with E-state index in [1.807, 2.05) is 19.1 Å². The third-order valence-corrected chi connectivity index (χ3v) is 2.65. The second kappa shape index (κ2) is 3.10. The van der Waals surface area contributed by atoms with E-state index in [4.69, 9.17) is 5.73 Å². The van der Waals surface area contributed by atoms with Gasteiger partial charge in [-0.15, -0.1) is 0 Å². The Morgan fingerprint density at radius 3 is 2.94 bits per heavy atom. The first kappa shape index (κ1) is 8.96. The number of hydrogen-bond donors (Lipinski definition) is 3. The summed E-state index contributed by atoms with van der Waals surface area (Å²) in [5, 5.41) is 7.63. The molecule has 0 saturated heterocycles. The van der Waals surface area contributed by atoms with Crippen LogP contribution in [0.1, 0.15) is 5.56 Å². The Balaban J connectivity index is 2.32. The lowest BCUT2D eigenvalue weighted by atomic mass is 10.1. The van der Waals surface area contributed by atoms with E-state index in [1.165, 1.54) is 11.9 Å². The molecule has 0 fully saturated rings. The van der Waals surface area contributed by atoms with Gasteiger partial charge in [0.15, 0.2) is 5.82 Å². The van der Waals surface area contributed by atoms with Crippen molar-refractivity contribution >= 4 is 16.6 Å². The van der Waals surface area contributed by atoms with Crippen molar-refractivity contribution in [2.45, 2.75) is 6.92 Å². The minimum Gasteiger partial charge on any atom is -0.396 e. The zero-order valence-electron chi connectivity index (χ0n) is 8.78. The standard InChI is InChI=1S/C11H11N5/c1-6-2-3-8-7(4-6)9(12)10(15-8)11-13-5-14-16-11/h2-5,15H,12H2,1H3,(H,13,14,16). The lowest BCUT2D eigenvalue weighted by Crippen LogP contribution is -1.88. The van der Waals surface area contributed by atoms with Gasteiger partial charge in [0, 0.05) is 10.9 Å².